The first kappa shape index (κ1) is 12.5. The molecule has 0 bridgehead atoms. The Morgan fingerprint density at radius 1 is 1.15 bits per heavy atom. The van der Waals surface area contributed by atoms with E-state index in [4.69, 9.17) is 16.3 Å². The molecule has 0 aliphatic rings. The van der Waals surface area contributed by atoms with Crippen LogP contribution in [0.15, 0.2) is 36.9 Å². The summed E-state index contributed by atoms with van der Waals surface area (Å²) in [5, 5.41) is 4.04. The Hall–Kier alpha value is -2.54. The summed E-state index contributed by atoms with van der Waals surface area (Å²) in [7, 11) is 1.58. The van der Waals surface area contributed by atoms with Crippen LogP contribution in [0.1, 0.15) is 0 Å². The first-order valence-corrected chi connectivity index (χ1v) is 6.05. The third-order valence-corrected chi connectivity index (χ3v) is 2.74. The lowest BCUT2D eigenvalue weighted by Gasteiger charge is -2.08. The number of nitrogens with zero attached hydrogens (tertiary/aromatic N) is 6. The van der Waals surface area contributed by atoms with E-state index in [1.54, 1.807) is 7.11 Å². The highest BCUT2D eigenvalue weighted by Gasteiger charge is 2.12. The monoisotopic (exact) mass is 288 g/mol. The zero-order valence-electron chi connectivity index (χ0n) is 10.4. The molecular formula is C12H9ClN6O. The fourth-order valence-corrected chi connectivity index (χ4v) is 1.86. The van der Waals surface area contributed by atoms with Crippen molar-refractivity contribution in [2.24, 2.45) is 0 Å². The number of ether oxygens (including phenoxy) is 1. The molecule has 8 heteroatoms. The average Bonchev–Trinajstić information content (AvgIpc) is 3.01. The molecule has 7 nitrogen and oxygen atoms in total. The van der Waals surface area contributed by atoms with Crippen molar-refractivity contribution in [1.29, 1.82) is 0 Å². The van der Waals surface area contributed by atoms with Crippen LogP contribution in [-0.4, -0.2) is 36.8 Å². The summed E-state index contributed by atoms with van der Waals surface area (Å²) in [5.41, 5.74) is 0.723. The zero-order chi connectivity index (χ0) is 13.9. The molecule has 0 unspecified atom stereocenters. The van der Waals surface area contributed by atoms with Gasteiger partial charge in [0.15, 0.2) is 5.82 Å². The summed E-state index contributed by atoms with van der Waals surface area (Å²) in [6, 6.07) is 7.39. The van der Waals surface area contributed by atoms with E-state index in [0.29, 0.717) is 17.5 Å². The molecule has 3 aromatic rings. The standard InChI is InChI=1S/C12H9ClN6O/c1-20-9-5-3-2-4-8(9)10-16-11(13)18-12(17-10)19-7-14-6-15-19/h2-7H,1H3. The first-order chi connectivity index (χ1) is 9.78. The summed E-state index contributed by atoms with van der Waals surface area (Å²) in [6.07, 6.45) is 2.87. The Kier molecular flexibility index (Phi) is 3.26. The summed E-state index contributed by atoms with van der Waals surface area (Å²) >= 11 is 5.95. The molecule has 100 valence electrons. The van der Waals surface area contributed by atoms with E-state index in [1.807, 2.05) is 24.3 Å². The lowest BCUT2D eigenvalue weighted by Crippen LogP contribution is -2.05. The number of methoxy groups -OCH3 is 1. The number of halogens is 1. The second-order valence-electron chi connectivity index (χ2n) is 3.77. The number of para-hydroxylation sites is 1. The van der Waals surface area contributed by atoms with E-state index in [1.165, 1.54) is 17.3 Å². The van der Waals surface area contributed by atoms with Gasteiger partial charge in [0.2, 0.25) is 5.28 Å². The number of rotatable bonds is 3. The minimum Gasteiger partial charge on any atom is -0.496 e. The molecule has 0 saturated heterocycles. The highest BCUT2D eigenvalue weighted by molar-refractivity contribution is 6.28. The fourth-order valence-electron chi connectivity index (χ4n) is 1.70. The van der Waals surface area contributed by atoms with Crippen molar-refractivity contribution in [2.45, 2.75) is 0 Å². The molecule has 0 spiro atoms. The number of hydrogen-bond donors (Lipinski definition) is 0. The molecule has 0 aliphatic carbocycles. The molecule has 0 radical (unpaired) electrons. The van der Waals surface area contributed by atoms with Gasteiger partial charge < -0.3 is 4.74 Å². The van der Waals surface area contributed by atoms with Gasteiger partial charge in [-0.1, -0.05) is 12.1 Å². The second-order valence-corrected chi connectivity index (χ2v) is 4.11. The smallest absolute Gasteiger partial charge is 0.256 e. The summed E-state index contributed by atoms with van der Waals surface area (Å²) in [6.45, 7) is 0. The van der Waals surface area contributed by atoms with Gasteiger partial charge in [-0.05, 0) is 23.7 Å². The molecule has 2 aromatic heterocycles. The van der Waals surface area contributed by atoms with Crippen LogP contribution in [0.5, 0.6) is 5.75 Å². The van der Waals surface area contributed by atoms with Crippen molar-refractivity contribution in [1.82, 2.24) is 29.7 Å². The normalized spacial score (nSPS) is 10.5. The molecule has 0 aliphatic heterocycles. The van der Waals surface area contributed by atoms with Crippen molar-refractivity contribution in [3.63, 3.8) is 0 Å². The molecule has 2 heterocycles. The SMILES string of the molecule is COc1ccccc1-c1nc(Cl)nc(-n2cncn2)n1. The third kappa shape index (κ3) is 2.30. The highest BCUT2D eigenvalue weighted by Crippen LogP contribution is 2.27. The van der Waals surface area contributed by atoms with Crippen molar-refractivity contribution in [2.75, 3.05) is 7.11 Å². The minimum atomic E-state index is 0.0754. The van der Waals surface area contributed by atoms with Crippen LogP contribution < -0.4 is 4.74 Å². The summed E-state index contributed by atoms with van der Waals surface area (Å²) in [5.74, 6) is 1.36. The van der Waals surface area contributed by atoms with Gasteiger partial charge in [0.1, 0.15) is 18.4 Å². The van der Waals surface area contributed by atoms with Gasteiger partial charge >= 0.3 is 0 Å². The predicted molar refractivity (Wildman–Crippen MR) is 71.7 cm³/mol. The maximum atomic E-state index is 5.95. The molecule has 1 aromatic carbocycles. The Morgan fingerprint density at radius 3 is 2.75 bits per heavy atom. The van der Waals surface area contributed by atoms with Crippen molar-refractivity contribution >= 4 is 11.6 Å². The van der Waals surface area contributed by atoms with E-state index < -0.39 is 0 Å². The molecule has 0 fully saturated rings. The quantitative estimate of drug-likeness (QED) is 0.731. The third-order valence-electron chi connectivity index (χ3n) is 2.57. The average molecular weight is 289 g/mol. The van der Waals surface area contributed by atoms with E-state index in [0.717, 1.165) is 5.56 Å². The summed E-state index contributed by atoms with van der Waals surface area (Å²) in [4.78, 5) is 16.3. The molecule has 0 saturated carbocycles. The van der Waals surface area contributed by atoms with Crippen LogP contribution in [0, 0.1) is 0 Å². The van der Waals surface area contributed by atoms with E-state index in [2.05, 4.69) is 25.0 Å². The number of benzene rings is 1. The van der Waals surface area contributed by atoms with Crippen LogP contribution in [0.2, 0.25) is 5.28 Å². The second kappa shape index (κ2) is 5.22. The van der Waals surface area contributed by atoms with E-state index in [-0.39, 0.29) is 5.28 Å². The summed E-state index contributed by atoms with van der Waals surface area (Å²) < 4.78 is 6.70. The predicted octanol–water partition coefficient (Wildman–Crippen LogP) is 1.78. The van der Waals surface area contributed by atoms with Crippen LogP contribution in [0.3, 0.4) is 0 Å². The Labute approximate surface area is 119 Å². The van der Waals surface area contributed by atoms with Gasteiger partial charge in [-0.15, -0.1) is 0 Å². The minimum absolute atomic E-state index is 0.0754. The topological polar surface area (TPSA) is 78.6 Å². The van der Waals surface area contributed by atoms with Crippen molar-refractivity contribution in [3.05, 3.63) is 42.2 Å². The molecule has 0 amide bonds. The molecule has 0 N–H and O–H groups in total. The molecule has 0 atom stereocenters. The van der Waals surface area contributed by atoms with Gasteiger partial charge in [0, 0.05) is 0 Å². The van der Waals surface area contributed by atoms with Gasteiger partial charge in [-0.25, -0.2) is 4.98 Å². The Bertz CT molecular complexity index is 731. The number of aromatic nitrogens is 6. The number of hydrogen-bond acceptors (Lipinski definition) is 6. The van der Waals surface area contributed by atoms with Crippen LogP contribution in [0.4, 0.5) is 0 Å². The molecular weight excluding hydrogens is 280 g/mol. The fraction of sp³-hybridized carbons (Fsp3) is 0.0833. The first-order valence-electron chi connectivity index (χ1n) is 5.68. The van der Waals surface area contributed by atoms with Crippen molar-refractivity contribution in [3.8, 4) is 23.1 Å². The van der Waals surface area contributed by atoms with Crippen LogP contribution in [-0.2, 0) is 0 Å². The maximum Gasteiger partial charge on any atom is 0.256 e. The van der Waals surface area contributed by atoms with Crippen LogP contribution in [0.25, 0.3) is 17.3 Å². The van der Waals surface area contributed by atoms with Crippen LogP contribution >= 0.6 is 11.6 Å². The largest absolute Gasteiger partial charge is 0.496 e. The molecule has 20 heavy (non-hydrogen) atoms. The van der Waals surface area contributed by atoms with E-state index >= 15 is 0 Å². The lowest BCUT2D eigenvalue weighted by molar-refractivity contribution is 0.416. The molecule has 3 rings (SSSR count). The Morgan fingerprint density at radius 2 is 2.00 bits per heavy atom. The van der Waals surface area contributed by atoms with Crippen molar-refractivity contribution < 1.29 is 4.74 Å². The van der Waals surface area contributed by atoms with Gasteiger partial charge in [-0.3, -0.25) is 0 Å². The zero-order valence-corrected chi connectivity index (χ0v) is 11.2. The highest BCUT2D eigenvalue weighted by atomic mass is 35.5. The maximum absolute atomic E-state index is 5.95. The van der Waals surface area contributed by atoms with Gasteiger partial charge in [-0.2, -0.15) is 24.7 Å². The van der Waals surface area contributed by atoms with Gasteiger partial charge in [0.25, 0.3) is 5.95 Å². The Balaban J connectivity index is 2.15. The van der Waals surface area contributed by atoms with E-state index in [9.17, 15) is 0 Å². The lowest BCUT2D eigenvalue weighted by atomic mass is 10.2. The van der Waals surface area contributed by atoms with Gasteiger partial charge in [0.05, 0.1) is 12.7 Å².